The fourth-order valence-corrected chi connectivity index (χ4v) is 1.87. The van der Waals surface area contributed by atoms with Gasteiger partial charge in [-0.25, -0.2) is 0 Å². The van der Waals surface area contributed by atoms with Crippen molar-refractivity contribution in [2.75, 3.05) is 7.05 Å². The lowest BCUT2D eigenvalue weighted by atomic mass is 10.2. The van der Waals surface area contributed by atoms with Gasteiger partial charge in [0.05, 0.1) is 0 Å². The van der Waals surface area contributed by atoms with E-state index in [1.54, 1.807) is 0 Å². The monoisotopic (exact) mass is 156 g/mol. The van der Waals surface area contributed by atoms with E-state index >= 15 is 0 Å². The van der Waals surface area contributed by atoms with E-state index in [9.17, 15) is 0 Å². The summed E-state index contributed by atoms with van der Waals surface area (Å²) in [5.41, 5.74) is 0. The van der Waals surface area contributed by atoms with Gasteiger partial charge in [-0.1, -0.05) is 13.8 Å². The molecule has 0 aromatic rings. The number of hydrogen-bond donors (Lipinski definition) is 2. The minimum absolute atomic E-state index is 0.635. The summed E-state index contributed by atoms with van der Waals surface area (Å²) in [5.74, 6) is 0. The van der Waals surface area contributed by atoms with Crippen LogP contribution in [0.5, 0.6) is 0 Å². The molecule has 2 unspecified atom stereocenters. The zero-order valence-corrected chi connectivity index (χ0v) is 7.85. The Morgan fingerprint density at radius 2 is 1.82 bits per heavy atom. The Kier molecular flexibility index (Phi) is 3.34. The Morgan fingerprint density at radius 3 is 2.27 bits per heavy atom. The molecule has 0 radical (unpaired) electrons. The Morgan fingerprint density at radius 1 is 1.18 bits per heavy atom. The zero-order valence-electron chi connectivity index (χ0n) is 7.85. The molecule has 0 aromatic heterocycles. The highest BCUT2D eigenvalue weighted by Gasteiger charge is 2.22. The summed E-state index contributed by atoms with van der Waals surface area (Å²) in [7, 11) is 2.06. The van der Waals surface area contributed by atoms with E-state index < -0.39 is 0 Å². The van der Waals surface area contributed by atoms with Gasteiger partial charge in [0.25, 0.3) is 0 Å². The summed E-state index contributed by atoms with van der Waals surface area (Å²) in [6.45, 7) is 4.43. The molecule has 2 atom stereocenters. The molecule has 0 heterocycles. The van der Waals surface area contributed by atoms with Crippen molar-refractivity contribution >= 4 is 0 Å². The van der Waals surface area contributed by atoms with Gasteiger partial charge in [0.15, 0.2) is 0 Å². The molecule has 1 fully saturated rings. The Hall–Kier alpha value is -0.0800. The van der Waals surface area contributed by atoms with Crippen LogP contribution in [0.15, 0.2) is 0 Å². The van der Waals surface area contributed by atoms with Crippen LogP contribution in [-0.4, -0.2) is 25.2 Å². The minimum atomic E-state index is 0.635. The van der Waals surface area contributed by atoms with E-state index in [1.165, 1.54) is 19.3 Å². The Balaban J connectivity index is 2.19. The molecule has 0 saturated heterocycles. The number of hydrogen-bond acceptors (Lipinski definition) is 2. The molecule has 2 nitrogen and oxygen atoms in total. The summed E-state index contributed by atoms with van der Waals surface area (Å²) in [5, 5.41) is 6.89. The average Bonchev–Trinajstić information content (AvgIpc) is 2.34. The van der Waals surface area contributed by atoms with Gasteiger partial charge < -0.3 is 10.6 Å². The van der Waals surface area contributed by atoms with Crippen molar-refractivity contribution in [2.24, 2.45) is 0 Å². The fraction of sp³-hybridized carbons (Fsp3) is 1.00. The first kappa shape index (κ1) is 9.01. The average molecular weight is 156 g/mol. The number of nitrogens with one attached hydrogen (secondary N) is 2. The van der Waals surface area contributed by atoms with Gasteiger partial charge in [0.1, 0.15) is 0 Å². The Labute approximate surface area is 69.8 Å². The third kappa shape index (κ3) is 2.80. The van der Waals surface area contributed by atoms with E-state index in [2.05, 4.69) is 31.5 Å². The van der Waals surface area contributed by atoms with Crippen LogP contribution >= 0.6 is 0 Å². The van der Waals surface area contributed by atoms with Crippen molar-refractivity contribution < 1.29 is 0 Å². The maximum Gasteiger partial charge on any atom is 0.00848 e. The van der Waals surface area contributed by atoms with Crippen molar-refractivity contribution in [1.29, 1.82) is 0 Å². The van der Waals surface area contributed by atoms with E-state index in [4.69, 9.17) is 0 Å². The van der Waals surface area contributed by atoms with Crippen molar-refractivity contribution in [2.45, 2.75) is 51.2 Å². The molecular weight excluding hydrogens is 136 g/mol. The van der Waals surface area contributed by atoms with Gasteiger partial charge in [-0.2, -0.15) is 0 Å². The highest BCUT2D eigenvalue weighted by atomic mass is 15.0. The lowest BCUT2D eigenvalue weighted by molar-refractivity contribution is 0.458. The molecule has 11 heavy (non-hydrogen) atoms. The second-order valence-electron chi connectivity index (χ2n) is 3.82. The molecule has 0 aromatic carbocycles. The molecular formula is C9H20N2. The molecule has 1 saturated carbocycles. The molecule has 2 N–H and O–H groups in total. The molecule has 1 rings (SSSR count). The van der Waals surface area contributed by atoms with Crippen LogP contribution in [0.1, 0.15) is 33.1 Å². The minimum Gasteiger partial charge on any atom is -0.317 e. The topological polar surface area (TPSA) is 24.1 Å². The zero-order chi connectivity index (χ0) is 8.27. The normalized spacial score (nSPS) is 31.6. The predicted octanol–water partition coefficient (Wildman–Crippen LogP) is 1.12. The van der Waals surface area contributed by atoms with Gasteiger partial charge >= 0.3 is 0 Å². The summed E-state index contributed by atoms with van der Waals surface area (Å²) >= 11 is 0. The largest absolute Gasteiger partial charge is 0.317 e. The third-order valence-electron chi connectivity index (χ3n) is 2.41. The first-order valence-corrected chi connectivity index (χ1v) is 4.65. The number of rotatable bonds is 3. The van der Waals surface area contributed by atoms with Crippen LogP contribution in [0, 0.1) is 0 Å². The van der Waals surface area contributed by atoms with Crippen molar-refractivity contribution in [1.82, 2.24) is 10.6 Å². The van der Waals surface area contributed by atoms with Gasteiger partial charge in [-0.15, -0.1) is 0 Å². The summed E-state index contributed by atoms with van der Waals surface area (Å²) in [6, 6.07) is 2.15. The molecule has 0 amide bonds. The maximum absolute atomic E-state index is 3.57. The van der Waals surface area contributed by atoms with Crippen LogP contribution in [0.2, 0.25) is 0 Å². The van der Waals surface area contributed by atoms with E-state index in [0.717, 1.165) is 12.1 Å². The van der Waals surface area contributed by atoms with Gasteiger partial charge in [-0.05, 0) is 26.3 Å². The first-order chi connectivity index (χ1) is 5.22. The quantitative estimate of drug-likeness (QED) is 0.640. The molecule has 66 valence electrons. The van der Waals surface area contributed by atoms with Crippen molar-refractivity contribution in [3.63, 3.8) is 0 Å². The van der Waals surface area contributed by atoms with E-state index in [1.807, 2.05) is 0 Å². The lowest BCUT2D eigenvalue weighted by Crippen LogP contribution is -2.34. The SMILES string of the molecule is CNC1CCC(NC(C)C)C1. The molecule has 0 aliphatic heterocycles. The van der Waals surface area contributed by atoms with Crippen molar-refractivity contribution in [3.05, 3.63) is 0 Å². The third-order valence-corrected chi connectivity index (χ3v) is 2.41. The van der Waals surface area contributed by atoms with Crippen LogP contribution in [0.4, 0.5) is 0 Å². The van der Waals surface area contributed by atoms with E-state index in [-0.39, 0.29) is 0 Å². The van der Waals surface area contributed by atoms with Crippen LogP contribution in [0.25, 0.3) is 0 Å². The first-order valence-electron chi connectivity index (χ1n) is 4.65. The summed E-state index contributed by atoms with van der Waals surface area (Å²) < 4.78 is 0. The molecule has 1 aliphatic rings. The van der Waals surface area contributed by atoms with Crippen LogP contribution < -0.4 is 10.6 Å². The smallest absolute Gasteiger partial charge is 0.00848 e. The van der Waals surface area contributed by atoms with E-state index in [0.29, 0.717) is 6.04 Å². The predicted molar refractivity (Wildman–Crippen MR) is 48.8 cm³/mol. The van der Waals surface area contributed by atoms with Gasteiger partial charge in [0, 0.05) is 18.1 Å². The second kappa shape index (κ2) is 4.07. The summed E-state index contributed by atoms with van der Waals surface area (Å²) in [4.78, 5) is 0. The lowest BCUT2D eigenvalue weighted by Gasteiger charge is -2.15. The highest BCUT2D eigenvalue weighted by Crippen LogP contribution is 2.18. The standard InChI is InChI=1S/C9H20N2/c1-7(2)11-9-5-4-8(6-9)10-3/h7-11H,4-6H2,1-3H3. The fourth-order valence-electron chi connectivity index (χ4n) is 1.87. The highest BCUT2D eigenvalue weighted by molar-refractivity contribution is 4.84. The molecule has 2 heteroatoms. The molecule has 1 aliphatic carbocycles. The van der Waals surface area contributed by atoms with Gasteiger partial charge in [-0.3, -0.25) is 0 Å². The van der Waals surface area contributed by atoms with Gasteiger partial charge in [0.2, 0.25) is 0 Å². The maximum atomic E-state index is 3.57. The Bertz CT molecular complexity index is 112. The molecule has 0 bridgehead atoms. The van der Waals surface area contributed by atoms with Crippen LogP contribution in [-0.2, 0) is 0 Å². The summed E-state index contributed by atoms with van der Waals surface area (Å²) in [6.07, 6.45) is 3.97. The second-order valence-corrected chi connectivity index (χ2v) is 3.82. The van der Waals surface area contributed by atoms with Crippen molar-refractivity contribution in [3.8, 4) is 0 Å². The molecule has 0 spiro atoms. The van der Waals surface area contributed by atoms with Crippen LogP contribution in [0.3, 0.4) is 0 Å².